The highest BCUT2D eigenvalue weighted by Crippen LogP contribution is 2.33. The molecule has 2 aromatic carbocycles. The van der Waals surface area contributed by atoms with Crippen LogP contribution in [0.15, 0.2) is 47.4 Å². The van der Waals surface area contributed by atoms with Crippen molar-refractivity contribution in [3.63, 3.8) is 0 Å². The van der Waals surface area contributed by atoms with Crippen LogP contribution in [0.4, 0.5) is 10.1 Å². The summed E-state index contributed by atoms with van der Waals surface area (Å²) in [6.45, 7) is 0.293. The van der Waals surface area contributed by atoms with E-state index in [2.05, 4.69) is 0 Å². The van der Waals surface area contributed by atoms with E-state index in [1.54, 1.807) is 6.07 Å². The van der Waals surface area contributed by atoms with Crippen molar-refractivity contribution >= 4 is 15.7 Å². The Hall–Kier alpha value is -2.39. The maximum atomic E-state index is 13.4. The maximum Gasteiger partial charge on any atom is 0.264 e. The van der Waals surface area contributed by atoms with Crippen LogP contribution in [0.1, 0.15) is 11.1 Å². The fraction of sp³-hybridized carbons (Fsp3) is 0.133. The zero-order chi connectivity index (χ0) is 15.0. The number of fused-ring (bicyclic) bond motifs is 1. The standard InChI is InChI=1S/C15H11FN2O2S/c16-13-4-3-12-7-8-18(15(12)9-13)21(19,20)14-5-1-11(10-17)2-6-14/h1-6,9H,7-8H2. The van der Waals surface area contributed by atoms with Crippen molar-refractivity contribution in [3.05, 3.63) is 59.4 Å². The number of hydrogen-bond donors (Lipinski definition) is 0. The van der Waals surface area contributed by atoms with Gasteiger partial charge in [-0.3, -0.25) is 4.31 Å². The molecule has 0 unspecified atom stereocenters. The van der Waals surface area contributed by atoms with E-state index >= 15 is 0 Å². The van der Waals surface area contributed by atoms with E-state index in [4.69, 9.17) is 5.26 Å². The average molecular weight is 302 g/mol. The second-order valence-electron chi connectivity index (χ2n) is 4.74. The Kier molecular flexibility index (Phi) is 3.15. The number of benzene rings is 2. The molecule has 2 aromatic rings. The summed E-state index contributed by atoms with van der Waals surface area (Å²) in [5.74, 6) is -0.462. The van der Waals surface area contributed by atoms with Crippen molar-refractivity contribution < 1.29 is 12.8 Å². The van der Waals surface area contributed by atoms with Crippen molar-refractivity contribution in [3.8, 4) is 6.07 Å². The third-order valence-corrected chi connectivity index (χ3v) is 5.30. The number of sulfonamides is 1. The van der Waals surface area contributed by atoms with Gasteiger partial charge in [0, 0.05) is 6.54 Å². The fourth-order valence-corrected chi connectivity index (χ4v) is 3.90. The molecule has 0 spiro atoms. The molecule has 0 aromatic heterocycles. The molecule has 4 nitrogen and oxygen atoms in total. The molecule has 0 bridgehead atoms. The molecule has 0 saturated carbocycles. The number of anilines is 1. The molecule has 0 saturated heterocycles. The lowest BCUT2D eigenvalue weighted by molar-refractivity contribution is 0.592. The number of nitrogens with zero attached hydrogens (tertiary/aromatic N) is 2. The molecule has 3 rings (SSSR count). The minimum Gasteiger partial charge on any atom is -0.266 e. The predicted molar refractivity (Wildman–Crippen MR) is 75.8 cm³/mol. The van der Waals surface area contributed by atoms with Crippen molar-refractivity contribution in [2.45, 2.75) is 11.3 Å². The van der Waals surface area contributed by atoms with Gasteiger partial charge in [-0.25, -0.2) is 12.8 Å². The van der Waals surface area contributed by atoms with Gasteiger partial charge >= 0.3 is 0 Å². The molecule has 0 aliphatic carbocycles. The van der Waals surface area contributed by atoms with Gasteiger partial charge in [0.05, 0.1) is 22.2 Å². The predicted octanol–water partition coefficient (Wildman–Crippen LogP) is 2.45. The van der Waals surface area contributed by atoms with Gasteiger partial charge in [0.1, 0.15) is 5.82 Å². The number of rotatable bonds is 2. The third-order valence-electron chi connectivity index (χ3n) is 3.47. The van der Waals surface area contributed by atoms with Gasteiger partial charge in [-0.05, 0) is 48.4 Å². The summed E-state index contributed by atoms with van der Waals surface area (Å²) >= 11 is 0. The lowest BCUT2D eigenvalue weighted by Crippen LogP contribution is -2.29. The van der Waals surface area contributed by atoms with Gasteiger partial charge in [-0.1, -0.05) is 6.07 Å². The fourth-order valence-electron chi connectivity index (χ4n) is 2.40. The molecule has 106 valence electrons. The number of halogens is 1. The first-order valence-corrected chi connectivity index (χ1v) is 7.78. The highest BCUT2D eigenvalue weighted by molar-refractivity contribution is 7.92. The van der Waals surface area contributed by atoms with E-state index in [1.807, 2.05) is 6.07 Å². The number of hydrogen-bond acceptors (Lipinski definition) is 3. The highest BCUT2D eigenvalue weighted by atomic mass is 32.2. The Morgan fingerprint density at radius 2 is 1.86 bits per heavy atom. The SMILES string of the molecule is N#Cc1ccc(S(=O)(=O)N2CCc3ccc(F)cc32)cc1. The van der Waals surface area contributed by atoms with Gasteiger partial charge in [0.15, 0.2) is 0 Å². The lowest BCUT2D eigenvalue weighted by Gasteiger charge is -2.19. The van der Waals surface area contributed by atoms with Gasteiger partial charge in [0.25, 0.3) is 10.0 Å². The topological polar surface area (TPSA) is 61.2 Å². The van der Waals surface area contributed by atoms with Gasteiger partial charge in [-0.2, -0.15) is 5.26 Å². The van der Waals surface area contributed by atoms with Crippen molar-refractivity contribution in [1.29, 1.82) is 5.26 Å². The second-order valence-corrected chi connectivity index (χ2v) is 6.60. The molecular weight excluding hydrogens is 291 g/mol. The molecule has 0 atom stereocenters. The summed E-state index contributed by atoms with van der Waals surface area (Å²) in [7, 11) is -3.74. The van der Waals surface area contributed by atoms with Gasteiger partial charge < -0.3 is 0 Å². The van der Waals surface area contributed by atoms with Crippen LogP contribution in [0.25, 0.3) is 0 Å². The molecule has 0 amide bonds. The molecule has 0 radical (unpaired) electrons. The monoisotopic (exact) mass is 302 g/mol. The summed E-state index contributed by atoms with van der Waals surface area (Å²) in [5, 5.41) is 8.75. The van der Waals surface area contributed by atoms with Crippen LogP contribution in [-0.2, 0) is 16.4 Å². The van der Waals surface area contributed by atoms with Crippen LogP contribution in [-0.4, -0.2) is 15.0 Å². The first kappa shape index (κ1) is 13.6. The molecule has 1 aliphatic heterocycles. The summed E-state index contributed by atoms with van der Waals surface area (Å²) in [6, 6.07) is 11.8. The zero-order valence-corrected chi connectivity index (χ0v) is 11.8. The average Bonchev–Trinajstić information content (AvgIpc) is 2.91. The van der Waals surface area contributed by atoms with E-state index in [0.717, 1.165) is 5.56 Å². The molecule has 6 heteroatoms. The van der Waals surface area contributed by atoms with Crippen LogP contribution in [0.3, 0.4) is 0 Å². The quantitative estimate of drug-likeness (QED) is 0.856. The van der Waals surface area contributed by atoms with Crippen LogP contribution in [0.2, 0.25) is 0 Å². The van der Waals surface area contributed by atoms with E-state index in [-0.39, 0.29) is 4.90 Å². The first-order chi connectivity index (χ1) is 10.0. The van der Waals surface area contributed by atoms with Crippen LogP contribution in [0, 0.1) is 17.1 Å². The van der Waals surface area contributed by atoms with Crippen LogP contribution in [0.5, 0.6) is 0 Å². The largest absolute Gasteiger partial charge is 0.266 e. The first-order valence-electron chi connectivity index (χ1n) is 6.34. The second kappa shape index (κ2) is 4.86. The van der Waals surface area contributed by atoms with Gasteiger partial charge in [-0.15, -0.1) is 0 Å². The van der Waals surface area contributed by atoms with Crippen molar-refractivity contribution in [2.24, 2.45) is 0 Å². The summed E-state index contributed by atoms with van der Waals surface area (Å²) in [6.07, 6.45) is 0.561. The third kappa shape index (κ3) is 2.26. The molecular formula is C15H11FN2O2S. The maximum absolute atomic E-state index is 13.4. The molecule has 1 aliphatic rings. The summed E-state index contributed by atoms with van der Waals surface area (Å²) in [4.78, 5) is 0.0959. The Labute approximate surface area is 122 Å². The molecule has 21 heavy (non-hydrogen) atoms. The Balaban J connectivity index is 2.04. The van der Waals surface area contributed by atoms with Gasteiger partial charge in [0.2, 0.25) is 0 Å². The van der Waals surface area contributed by atoms with Crippen molar-refractivity contribution in [2.75, 3.05) is 10.8 Å². The van der Waals surface area contributed by atoms with E-state index < -0.39 is 15.8 Å². The summed E-state index contributed by atoms with van der Waals surface area (Å²) in [5.41, 5.74) is 1.59. The van der Waals surface area contributed by atoms with Crippen LogP contribution < -0.4 is 4.31 Å². The summed E-state index contributed by atoms with van der Waals surface area (Å²) < 4.78 is 39.8. The van der Waals surface area contributed by atoms with Crippen molar-refractivity contribution in [1.82, 2.24) is 0 Å². The minimum atomic E-state index is -3.74. The molecule has 0 fully saturated rings. The zero-order valence-electron chi connectivity index (χ0n) is 11.0. The Morgan fingerprint density at radius 3 is 2.52 bits per heavy atom. The molecule has 1 heterocycles. The van der Waals surface area contributed by atoms with E-state index in [1.165, 1.54) is 40.7 Å². The number of nitriles is 1. The minimum absolute atomic E-state index is 0.0959. The van der Waals surface area contributed by atoms with E-state index in [0.29, 0.717) is 24.2 Å². The Morgan fingerprint density at radius 1 is 1.14 bits per heavy atom. The highest BCUT2D eigenvalue weighted by Gasteiger charge is 2.31. The Bertz CT molecular complexity index is 839. The molecule has 0 N–H and O–H groups in total. The normalized spacial score (nSPS) is 13.8. The lowest BCUT2D eigenvalue weighted by atomic mass is 10.2. The smallest absolute Gasteiger partial charge is 0.264 e. The van der Waals surface area contributed by atoms with Crippen LogP contribution >= 0.6 is 0 Å². The van der Waals surface area contributed by atoms with E-state index in [9.17, 15) is 12.8 Å².